The Balaban J connectivity index is 1.83. The number of nitrogen functional groups attached to an aromatic ring is 1. The van der Waals surface area contributed by atoms with Crippen molar-refractivity contribution in [1.29, 1.82) is 0 Å². The molecule has 4 unspecified atom stereocenters. The lowest BCUT2D eigenvalue weighted by Crippen LogP contribution is -2.37. The summed E-state index contributed by atoms with van der Waals surface area (Å²) >= 11 is 0. The Labute approximate surface area is 117 Å². The van der Waals surface area contributed by atoms with E-state index >= 15 is 0 Å². The fourth-order valence-electron chi connectivity index (χ4n) is 4.02. The van der Waals surface area contributed by atoms with Crippen molar-refractivity contribution in [3.63, 3.8) is 0 Å². The first-order valence-corrected chi connectivity index (χ1v) is 7.32. The van der Waals surface area contributed by atoms with Crippen LogP contribution in [0.4, 0.5) is 11.5 Å². The fourth-order valence-corrected chi connectivity index (χ4v) is 4.02. The number of aromatic nitrogens is 2. The molecular weight excluding hydrogens is 256 g/mol. The maximum absolute atomic E-state index is 11.9. The van der Waals surface area contributed by atoms with Gasteiger partial charge in [-0.1, -0.05) is 6.42 Å². The first-order chi connectivity index (χ1) is 9.47. The lowest BCUT2D eigenvalue weighted by atomic mass is 9.84. The largest absolute Gasteiger partial charge is 0.383 e. The van der Waals surface area contributed by atoms with Crippen molar-refractivity contribution in [2.24, 2.45) is 24.8 Å². The van der Waals surface area contributed by atoms with Gasteiger partial charge in [0.25, 0.3) is 5.56 Å². The summed E-state index contributed by atoms with van der Waals surface area (Å²) in [4.78, 5) is 25.7. The van der Waals surface area contributed by atoms with Crippen molar-refractivity contribution < 1.29 is 0 Å². The zero-order valence-corrected chi connectivity index (χ0v) is 12.0. The van der Waals surface area contributed by atoms with Gasteiger partial charge in [-0.3, -0.25) is 14.3 Å². The number of hydrogen-bond donors (Lipinski definition) is 3. The first-order valence-electron chi connectivity index (χ1n) is 7.32. The molecule has 0 aliphatic heterocycles. The Morgan fingerprint density at radius 1 is 1.35 bits per heavy atom. The van der Waals surface area contributed by atoms with Gasteiger partial charge in [-0.05, 0) is 43.9 Å². The number of nitrogens with two attached hydrogens (primary N) is 1. The second kappa shape index (κ2) is 4.68. The minimum atomic E-state index is -0.481. The second-order valence-corrected chi connectivity index (χ2v) is 6.35. The quantitative estimate of drug-likeness (QED) is 0.765. The molecule has 0 radical (unpaired) electrons. The number of fused-ring (bicyclic) bond motifs is 2. The molecule has 6 heteroatoms. The van der Waals surface area contributed by atoms with Gasteiger partial charge in [0.05, 0.1) is 0 Å². The highest BCUT2D eigenvalue weighted by Gasteiger charge is 2.42. The predicted molar refractivity (Wildman–Crippen MR) is 78.7 cm³/mol. The molecule has 3 rings (SSSR count). The monoisotopic (exact) mass is 278 g/mol. The lowest BCUT2D eigenvalue weighted by Gasteiger charge is -2.29. The van der Waals surface area contributed by atoms with Crippen molar-refractivity contribution in [2.75, 3.05) is 11.1 Å². The molecule has 0 spiro atoms. The van der Waals surface area contributed by atoms with Gasteiger partial charge in [0, 0.05) is 13.1 Å². The second-order valence-electron chi connectivity index (χ2n) is 6.35. The highest BCUT2D eigenvalue weighted by atomic mass is 16.2. The van der Waals surface area contributed by atoms with Crippen molar-refractivity contribution in [3.8, 4) is 0 Å². The summed E-state index contributed by atoms with van der Waals surface area (Å²) in [6, 6.07) is 0.200. The van der Waals surface area contributed by atoms with Crippen LogP contribution in [-0.4, -0.2) is 15.6 Å². The number of rotatable bonds is 3. The minimum absolute atomic E-state index is 0.200. The van der Waals surface area contributed by atoms with Gasteiger partial charge in [-0.25, -0.2) is 4.79 Å². The number of aromatic amines is 1. The van der Waals surface area contributed by atoms with Crippen molar-refractivity contribution in [2.45, 2.75) is 38.6 Å². The molecular formula is C14H22N4O2. The van der Waals surface area contributed by atoms with Crippen LogP contribution in [-0.2, 0) is 7.05 Å². The number of nitrogens with zero attached hydrogens (tertiary/aromatic N) is 1. The van der Waals surface area contributed by atoms with Crippen LogP contribution in [0.3, 0.4) is 0 Å². The average Bonchev–Trinajstić information content (AvgIpc) is 3.03. The molecule has 0 aromatic carbocycles. The van der Waals surface area contributed by atoms with E-state index in [1.807, 2.05) is 0 Å². The highest BCUT2D eigenvalue weighted by molar-refractivity contribution is 5.60. The van der Waals surface area contributed by atoms with Crippen LogP contribution in [0.2, 0.25) is 0 Å². The minimum Gasteiger partial charge on any atom is -0.383 e. The van der Waals surface area contributed by atoms with Crippen LogP contribution >= 0.6 is 0 Å². The fraction of sp³-hybridized carbons (Fsp3) is 0.714. The highest BCUT2D eigenvalue weighted by Crippen LogP contribution is 2.49. The lowest BCUT2D eigenvalue weighted by molar-refractivity contribution is 0.304. The molecule has 1 heterocycles. The SMILES string of the molecule is CC(Nc1c(N)n(C)c(=O)[nH]c1=O)C1CC2CCC1C2. The Morgan fingerprint density at radius 3 is 2.70 bits per heavy atom. The molecule has 20 heavy (non-hydrogen) atoms. The van der Waals surface area contributed by atoms with Crippen LogP contribution in [0.5, 0.6) is 0 Å². The van der Waals surface area contributed by atoms with E-state index in [0.717, 1.165) is 11.8 Å². The third-order valence-corrected chi connectivity index (χ3v) is 5.18. The van der Waals surface area contributed by atoms with Crippen molar-refractivity contribution in [1.82, 2.24) is 9.55 Å². The van der Waals surface area contributed by atoms with Gasteiger partial charge in [-0.2, -0.15) is 0 Å². The topological polar surface area (TPSA) is 92.9 Å². The first kappa shape index (κ1) is 13.3. The van der Waals surface area contributed by atoms with E-state index in [1.165, 1.54) is 30.3 Å². The normalized spacial score (nSPS) is 29.6. The van der Waals surface area contributed by atoms with Gasteiger partial charge in [-0.15, -0.1) is 0 Å². The third kappa shape index (κ3) is 2.03. The summed E-state index contributed by atoms with van der Waals surface area (Å²) in [5, 5.41) is 3.24. The summed E-state index contributed by atoms with van der Waals surface area (Å²) in [5.74, 6) is 2.44. The molecule has 2 aliphatic rings. The van der Waals surface area contributed by atoms with E-state index in [4.69, 9.17) is 5.73 Å². The van der Waals surface area contributed by atoms with Crippen LogP contribution in [0.15, 0.2) is 9.59 Å². The summed E-state index contributed by atoms with van der Waals surface area (Å²) in [5.41, 5.74) is 5.30. The molecule has 0 saturated heterocycles. The molecule has 1 aromatic rings. The zero-order chi connectivity index (χ0) is 14.4. The van der Waals surface area contributed by atoms with Crippen LogP contribution in [0, 0.1) is 17.8 Å². The third-order valence-electron chi connectivity index (χ3n) is 5.18. The summed E-state index contributed by atoms with van der Waals surface area (Å²) < 4.78 is 1.26. The van der Waals surface area contributed by atoms with E-state index in [2.05, 4.69) is 17.2 Å². The molecule has 0 amide bonds. The number of nitrogens with one attached hydrogen (secondary N) is 2. The smallest absolute Gasteiger partial charge is 0.329 e. The van der Waals surface area contributed by atoms with Gasteiger partial charge in [0.15, 0.2) is 0 Å². The maximum Gasteiger partial charge on any atom is 0.329 e. The van der Waals surface area contributed by atoms with Gasteiger partial charge >= 0.3 is 5.69 Å². The Kier molecular flexibility index (Phi) is 3.11. The molecule has 1 aromatic heterocycles. The molecule has 4 atom stereocenters. The molecule has 2 bridgehead atoms. The average molecular weight is 278 g/mol. The van der Waals surface area contributed by atoms with Gasteiger partial charge < -0.3 is 11.1 Å². The Hall–Kier alpha value is -1.72. The number of H-pyrrole nitrogens is 1. The molecule has 6 nitrogen and oxygen atoms in total. The Morgan fingerprint density at radius 2 is 2.10 bits per heavy atom. The number of anilines is 2. The summed E-state index contributed by atoms with van der Waals surface area (Å²) in [6.45, 7) is 2.11. The van der Waals surface area contributed by atoms with E-state index in [-0.39, 0.29) is 11.9 Å². The molecule has 2 saturated carbocycles. The van der Waals surface area contributed by atoms with E-state index in [0.29, 0.717) is 11.6 Å². The van der Waals surface area contributed by atoms with Crippen LogP contribution in [0.1, 0.15) is 32.6 Å². The predicted octanol–water partition coefficient (Wildman–Crippen LogP) is 0.892. The zero-order valence-electron chi connectivity index (χ0n) is 12.0. The Bertz CT molecular complexity index is 633. The van der Waals surface area contributed by atoms with Crippen LogP contribution in [0.25, 0.3) is 0 Å². The summed E-state index contributed by atoms with van der Waals surface area (Å²) in [6.07, 6.45) is 5.23. The molecule has 2 aliphatic carbocycles. The molecule has 110 valence electrons. The van der Waals surface area contributed by atoms with E-state index in [9.17, 15) is 9.59 Å². The maximum atomic E-state index is 11.9. The van der Waals surface area contributed by atoms with Crippen molar-refractivity contribution >= 4 is 11.5 Å². The van der Waals surface area contributed by atoms with Crippen molar-refractivity contribution in [3.05, 3.63) is 20.8 Å². The number of hydrogen-bond acceptors (Lipinski definition) is 4. The molecule has 2 fully saturated rings. The van der Waals surface area contributed by atoms with Gasteiger partial charge in [0.2, 0.25) is 0 Å². The standard InChI is InChI=1S/C14H22N4O2/c1-7(10-6-8-3-4-9(10)5-8)16-11-12(15)18(2)14(20)17-13(11)19/h7-10,16H,3-6,15H2,1-2H3,(H,17,19,20). The van der Waals surface area contributed by atoms with Gasteiger partial charge in [0.1, 0.15) is 11.5 Å². The van der Waals surface area contributed by atoms with Crippen LogP contribution < -0.4 is 22.3 Å². The van der Waals surface area contributed by atoms with E-state index in [1.54, 1.807) is 7.05 Å². The van der Waals surface area contributed by atoms with E-state index < -0.39 is 11.2 Å². The summed E-state index contributed by atoms with van der Waals surface area (Å²) in [7, 11) is 1.56. The molecule has 4 N–H and O–H groups in total.